The van der Waals surface area contributed by atoms with Crippen molar-refractivity contribution in [2.45, 2.75) is 32.3 Å². The van der Waals surface area contributed by atoms with E-state index in [1.165, 1.54) is 18.1 Å². The summed E-state index contributed by atoms with van der Waals surface area (Å²) in [6.07, 6.45) is 4.21. The molecule has 0 radical (unpaired) electrons. The van der Waals surface area contributed by atoms with Crippen molar-refractivity contribution in [3.8, 4) is 22.9 Å². The molecule has 1 aliphatic rings. The molecule has 4 aromatic rings. The molecule has 0 fully saturated rings. The Hall–Kier alpha value is -2.90. The van der Waals surface area contributed by atoms with Gasteiger partial charge < -0.3 is 14.5 Å². The Morgan fingerprint density at radius 1 is 1.19 bits per heavy atom. The number of methoxy groups -OCH3 is 1. The van der Waals surface area contributed by atoms with Crippen molar-refractivity contribution in [3.63, 3.8) is 0 Å². The molecule has 1 aliphatic carbocycles. The van der Waals surface area contributed by atoms with Crippen LogP contribution in [0.2, 0.25) is 5.02 Å². The van der Waals surface area contributed by atoms with Gasteiger partial charge in [-0.2, -0.15) is 0 Å². The molecule has 1 N–H and O–H groups in total. The molecule has 5 rings (SSSR count). The van der Waals surface area contributed by atoms with Gasteiger partial charge in [0.15, 0.2) is 11.5 Å². The molecule has 0 bridgehead atoms. The molecule has 2 aromatic carbocycles. The second kappa shape index (κ2) is 8.56. The first-order chi connectivity index (χ1) is 15.5. The van der Waals surface area contributed by atoms with Crippen LogP contribution in [0.3, 0.4) is 0 Å². The zero-order valence-electron chi connectivity index (χ0n) is 17.3. The molecule has 8 heteroatoms. The van der Waals surface area contributed by atoms with Gasteiger partial charge in [0.25, 0.3) is 5.56 Å². The molecule has 0 saturated carbocycles. The van der Waals surface area contributed by atoms with E-state index in [1.54, 1.807) is 41.7 Å². The highest BCUT2D eigenvalue weighted by Crippen LogP contribution is 2.36. The average molecular weight is 471 g/mol. The van der Waals surface area contributed by atoms with Crippen LogP contribution in [0.25, 0.3) is 21.6 Å². The van der Waals surface area contributed by atoms with E-state index in [4.69, 9.17) is 26.1 Å². The summed E-state index contributed by atoms with van der Waals surface area (Å²) in [6, 6.07) is 9.75. The number of aromatic amines is 1. The summed E-state index contributed by atoms with van der Waals surface area (Å²) in [5, 5.41) is 1.02. The van der Waals surface area contributed by atoms with E-state index >= 15 is 0 Å². The highest BCUT2D eigenvalue weighted by molar-refractivity contribution is 7.18. The summed E-state index contributed by atoms with van der Waals surface area (Å²) in [5.74, 6) is 0.929. The minimum absolute atomic E-state index is 0.0387. The first kappa shape index (κ1) is 21.0. The number of aromatic nitrogens is 2. The van der Waals surface area contributed by atoms with Gasteiger partial charge in [-0.3, -0.25) is 4.79 Å². The Labute approximate surface area is 192 Å². The van der Waals surface area contributed by atoms with Crippen LogP contribution in [0, 0.1) is 5.82 Å². The quantitative estimate of drug-likeness (QED) is 0.394. The Morgan fingerprint density at radius 3 is 2.84 bits per heavy atom. The van der Waals surface area contributed by atoms with Gasteiger partial charge in [0.05, 0.1) is 17.5 Å². The molecule has 164 valence electrons. The number of ether oxygens (including phenoxy) is 2. The lowest BCUT2D eigenvalue weighted by Crippen LogP contribution is -2.11. The summed E-state index contributed by atoms with van der Waals surface area (Å²) in [5.41, 5.74) is 2.02. The van der Waals surface area contributed by atoms with Gasteiger partial charge in [0.1, 0.15) is 23.1 Å². The number of nitrogens with one attached hydrogen (secondary N) is 1. The van der Waals surface area contributed by atoms with Crippen molar-refractivity contribution < 1.29 is 13.9 Å². The van der Waals surface area contributed by atoms with E-state index in [2.05, 4.69) is 4.98 Å². The number of thiophene rings is 1. The molecule has 2 aromatic heterocycles. The fraction of sp³-hybridized carbons (Fsp3) is 0.250. The fourth-order valence-corrected chi connectivity index (χ4v) is 5.53. The van der Waals surface area contributed by atoms with Crippen LogP contribution in [-0.2, 0) is 19.4 Å². The minimum Gasteiger partial charge on any atom is -0.493 e. The molecule has 2 heterocycles. The number of hydrogen-bond donors (Lipinski definition) is 1. The van der Waals surface area contributed by atoms with Crippen molar-refractivity contribution in [3.05, 3.63) is 73.6 Å². The van der Waals surface area contributed by atoms with E-state index in [1.807, 2.05) is 0 Å². The molecule has 5 nitrogen and oxygen atoms in total. The average Bonchev–Trinajstić information content (AvgIpc) is 3.17. The first-order valence-electron chi connectivity index (χ1n) is 10.3. The largest absolute Gasteiger partial charge is 0.493 e. The second-order valence-corrected chi connectivity index (χ2v) is 9.15. The number of benzene rings is 2. The molecular weight excluding hydrogens is 451 g/mol. The third-order valence-corrected chi connectivity index (χ3v) is 7.24. The molecular formula is C24H20ClFN2O3S. The normalized spacial score (nSPS) is 13.2. The number of rotatable bonds is 5. The number of aryl methyl sites for hydroxylation is 2. The molecule has 0 spiro atoms. The summed E-state index contributed by atoms with van der Waals surface area (Å²) < 4.78 is 25.3. The Bertz CT molecular complexity index is 1360. The summed E-state index contributed by atoms with van der Waals surface area (Å²) in [4.78, 5) is 22.6. The predicted octanol–water partition coefficient (Wildman–Crippen LogP) is 5.91. The van der Waals surface area contributed by atoms with Gasteiger partial charge in [-0.25, -0.2) is 9.37 Å². The van der Waals surface area contributed by atoms with E-state index in [-0.39, 0.29) is 17.7 Å². The van der Waals surface area contributed by atoms with E-state index in [0.717, 1.165) is 41.5 Å². The van der Waals surface area contributed by atoms with Crippen molar-refractivity contribution in [2.75, 3.05) is 7.11 Å². The van der Waals surface area contributed by atoms with Crippen LogP contribution in [0.5, 0.6) is 11.5 Å². The highest BCUT2D eigenvalue weighted by Gasteiger charge is 2.20. The molecule has 0 unspecified atom stereocenters. The third kappa shape index (κ3) is 3.76. The van der Waals surface area contributed by atoms with Crippen LogP contribution in [-0.4, -0.2) is 17.1 Å². The van der Waals surface area contributed by atoms with E-state index in [0.29, 0.717) is 27.9 Å². The van der Waals surface area contributed by atoms with Gasteiger partial charge >= 0.3 is 0 Å². The monoisotopic (exact) mass is 470 g/mol. The molecule has 0 saturated heterocycles. The fourth-order valence-electron chi connectivity index (χ4n) is 4.05. The van der Waals surface area contributed by atoms with Crippen molar-refractivity contribution in [1.29, 1.82) is 0 Å². The van der Waals surface area contributed by atoms with Gasteiger partial charge in [-0.05, 0) is 61.6 Å². The standard InChI is InChI=1S/C24H20ClFN2O3S/c1-30-19-11-13(9-10-18(19)31-12-15-16(25)6-4-7-17(15)26)22-27-23(29)21-14-5-2-3-8-20(14)32-24(21)28-22/h4,6-7,9-11H,2-3,5,8,12H2,1H3,(H,27,28,29). The lowest BCUT2D eigenvalue weighted by atomic mass is 9.97. The Morgan fingerprint density at radius 2 is 2.03 bits per heavy atom. The van der Waals surface area contributed by atoms with Crippen molar-refractivity contribution in [2.24, 2.45) is 0 Å². The summed E-state index contributed by atoms with van der Waals surface area (Å²) in [6.45, 7) is -0.0387. The number of halogens is 2. The third-order valence-electron chi connectivity index (χ3n) is 5.70. The number of fused-ring (bicyclic) bond motifs is 3. The van der Waals surface area contributed by atoms with Gasteiger partial charge in [0.2, 0.25) is 0 Å². The van der Waals surface area contributed by atoms with Gasteiger partial charge in [0, 0.05) is 16.0 Å². The van der Waals surface area contributed by atoms with Crippen molar-refractivity contribution >= 4 is 33.2 Å². The second-order valence-electron chi connectivity index (χ2n) is 7.66. The SMILES string of the molecule is COc1cc(-c2nc3sc4c(c3c(=O)[nH]2)CCCC4)ccc1OCc1c(F)cccc1Cl. The van der Waals surface area contributed by atoms with Crippen LogP contribution < -0.4 is 15.0 Å². The van der Waals surface area contributed by atoms with Crippen LogP contribution in [0.4, 0.5) is 4.39 Å². The van der Waals surface area contributed by atoms with Gasteiger partial charge in [-0.1, -0.05) is 17.7 Å². The molecule has 0 amide bonds. The highest BCUT2D eigenvalue weighted by atomic mass is 35.5. The van der Waals surface area contributed by atoms with Gasteiger partial charge in [-0.15, -0.1) is 11.3 Å². The zero-order chi connectivity index (χ0) is 22.2. The molecule has 0 atom stereocenters. The van der Waals surface area contributed by atoms with E-state index in [9.17, 15) is 9.18 Å². The van der Waals surface area contributed by atoms with Crippen molar-refractivity contribution in [1.82, 2.24) is 9.97 Å². The van der Waals surface area contributed by atoms with Crippen LogP contribution >= 0.6 is 22.9 Å². The van der Waals surface area contributed by atoms with Crippen LogP contribution in [0.15, 0.2) is 41.2 Å². The lowest BCUT2D eigenvalue weighted by Gasteiger charge is -2.13. The maximum absolute atomic E-state index is 14.0. The Kier molecular flexibility index (Phi) is 5.61. The number of hydrogen-bond acceptors (Lipinski definition) is 5. The molecule has 32 heavy (non-hydrogen) atoms. The predicted molar refractivity (Wildman–Crippen MR) is 125 cm³/mol. The summed E-state index contributed by atoms with van der Waals surface area (Å²) >= 11 is 7.69. The first-order valence-corrected chi connectivity index (χ1v) is 11.5. The maximum Gasteiger partial charge on any atom is 0.260 e. The minimum atomic E-state index is -0.429. The van der Waals surface area contributed by atoms with Crippen LogP contribution in [0.1, 0.15) is 28.8 Å². The topological polar surface area (TPSA) is 64.2 Å². The van der Waals surface area contributed by atoms with E-state index < -0.39 is 5.82 Å². The number of nitrogens with zero attached hydrogens (tertiary/aromatic N) is 1. The zero-order valence-corrected chi connectivity index (χ0v) is 18.9. The summed E-state index contributed by atoms with van der Waals surface area (Å²) in [7, 11) is 1.52. The molecule has 0 aliphatic heterocycles. The smallest absolute Gasteiger partial charge is 0.260 e. The Balaban J connectivity index is 1.47. The maximum atomic E-state index is 14.0. The lowest BCUT2D eigenvalue weighted by molar-refractivity contribution is 0.280. The number of H-pyrrole nitrogens is 1.